The SMILES string of the molecule is NC(CCO)c1ccc(-c2ccc(Cl)cc2)o1. The molecule has 0 saturated heterocycles. The van der Waals surface area contributed by atoms with Crippen LogP contribution in [0.25, 0.3) is 11.3 Å². The summed E-state index contributed by atoms with van der Waals surface area (Å²) in [6, 6.07) is 10.9. The molecule has 3 nitrogen and oxygen atoms in total. The minimum atomic E-state index is -0.263. The highest BCUT2D eigenvalue weighted by Crippen LogP contribution is 2.26. The van der Waals surface area contributed by atoms with Gasteiger partial charge < -0.3 is 15.3 Å². The van der Waals surface area contributed by atoms with E-state index >= 15 is 0 Å². The molecule has 0 spiro atoms. The van der Waals surface area contributed by atoms with Crippen LogP contribution in [0.4, 0.5) is 0 Å². The van der Waals surface area contributed by atoms with Crippen LogP contribution in [0.5, 0.6) is 0 Å². The second kappa shape index (κ2) is 5.36. The molecule has 1 aromatic carbocycles. The quantitative estimate of drug-likeness (QED) is 0.878. The van der Waals surface area contributed by atoms with E-state index in [1.54, 1.807) is 0 Å². The van der Waals surface area contributed by atoms with Gasteiger partial charge in [0.15, 0.2) is 0 Å². The molecule has 2 rings (SSSR count). The highest BCUT2D eigenvalue weighted by Gasteiger charge is 2.11. The third-order valence-corrected chi connectivity index (χ3v) is 2.81. The van der Waals surface area contributed by atoms with Crippen molar-refractivity contribution in [2.75, 3.05) is 6.61 Å². The van der Waals surface area contributed by atoms with Gasteiger partial charge in [-0.3, -0.25) is 0 Å². The number of furan rings is 1. The van der Waals surface area contributed by atoms with Gasteiger partial charge in [-0.2, -0.15) is 0 Å². The van der Waals surface area contributed by atoms with E-state index in [1.165, 1.54) is 0 Å². The lowest BCUT2D eigenvalue weighted by atomic mass is 10.1. The molecule has 0 radical (unpaired) electrons. The Labute approximate surface area is 105 Å². The van der Waals surface area contributed by atoms with Crippen molar-refractivity contribution in [2.45, 2.75) is 12.5 Å². The molecule has 2 aromatic rings. The summed E-state index contributed by atoms with van der Waals surface area (Å²) in [7, 11) is 0. The Morgan fingerprint density at radius 1 is 1.18 bits per heavy atom. The standard InChI is InChI=1S/C13H14ClNO2/c14-10-3-1-9(2-4-10)12-5-6-13(17-12)11(15)7-8-16/h1-6,11,16H,7-8,15H2. The Morgan fingerprint density at radius 2 is 1.88 bits per heavy atom. The molecule has 1 heterocycles. The van der Waals surface area contributed by atoms with Crippen molar-refractivity contribution in [3.63, 3.8) is 0 Å². The topological polar surface area (TPSA) is 59.4 Å². The minimum absolute atomic E-state index is 0.0537. The van der Waals surface area contributed by atoms with Crippen LogP contribution in [0, 0.1) is 0 Å². The van der Waals surface area contributed by atoms with Crippen molar-refractivity contribution in [3.8, 4) is 11.3 Å². The first kappa shape index (κ1) is 12.2. The van der Waals surface area contributed by atoms with E-state index in [4.69, 9.17) is 26.9 Å². The first-order valence-corrected chi connectivity index (χ1v) is 5.80. The van der Waals surface area contributed by atoms with Gasteiger partial charge in [0, 0.05) is 17.2 Å². The number of aliphatic hydroxyl groups excluding tert-OH is 1. The Hall–Kier alpha value is -1.29. The van der Waals surface area contributed by atoms with Crippen molar-refractivity contribution in [1.29, 1.82) is 0 Å². The van der Waals surface area contributed by atoms with Crippen LogP contribution >= 0.6 is 11.6 Å². The molecule has 17 heavy (non-hydrogen) atoms. The van der Waals surface area contributed by atoms with Gasteiger partial charge >= 0.3 is 0 Å². The lowest BCUT2D eigenvalue weighted by molar-refractivity contribution is 0.269. The highest BCUT2D eigenvalue weighted by atomic mass is 35.5. The van der Waals surface area contributed by atoms with E-state index in [0.29, 0.717) is 17.2 Å². The average Bonchev–Trinajstić information content (AvgIpc) is 2.80. The minimum Gasteiger partial charge on any atom is -0.459 e. The van der Waals surface area contributed by atoms with Crippen molar-refractivity contribution in [3.05, 3.63) is 47.2 Å². The van der Waals surface area contributed by atoms with E-state index in [9.17, 15) is 0 Å². The van der Waals surface area contributed by atoms with Crippen molar-refractivity contribution >= 4 is 11.6 Å². The van der Waals surface area contributed by atoms with Gasteiger partial charge in [0.1, 0.15) is 11.5 Å². The summed E-state index contributed by atoms with van der Waals surface area (Å²) >= 11 is 5.82. The smallest absolute Gasteiger partial charge is 0.134 e. The Balaban J connectivity index is 2.20. The molecule has 4 heteroatoms. The monoisotopic (exact) mass is 251 g/mol. The third-order valence-electron chi connectivity index (χ3n) is 2.56. The summed E-state index contributed by atoms with van der Waals surface area (Å²) < 4.78 is 5.64. The molecule has 0 bridgehead atoms. The summed E-state index contributed by atoms with van der Waals surface area (Å²) in [4.78, 5) is 0. The maximum Gasteiger partial charge on any atom is 0.134 e. The van der Waals surface area contributed by atoms with E-state index in [0.717, 1.165) is 11.3 Å². The lowest BCUT2D eigenvalue weighted by Gasteiger charge is -2.05. The van der Waals surface area contributed by atoms with Gasteiger partial charge in [0.25, 0.3) is 0 Å². The third kappa shape index (κ3) is 2.88. The van der Waals surface area contributed by atoms with Gasteiger partial charge in [-0.15, -0.1) is 0 Å². The number of hydrogen-bond donors (Lipinski definition) is 2. The second-order valence-corrected chi connectivity index (χ2v) is 4.26. The number of rotatable bonds is 4. The summed E-state index contributed by atoms with van der Waals surface area (Å²) in [5, 5.41) is 9.51. The molecule has 0 saturated carbocycles. The fraction of sp³-hybridized carbons (Fsp3) is 0.231. The van der Waals surface area contributed by atoms with Crippen LogP contribution in [0.15, 0.2) is 40.8 Å². The Kier molecular flexibility index (Phi) is 3.84. The molecule has 1 aromatic heterocycles. The molecule has 0 fully saturated rings. The fourth-order valence-corrected chi connectivity index (χ4v) is 1.73. The molecule has 1 unspecified atom stereocenters. The average molecular weight is 252 g/mol. The van der Waals surface area contributed by atoms with Gasteiger partial charge in [-0.25, -0.2) is 0 Å². The molecule has 1 atom stereocenters. The maximum absolute atomic E-state index is 8.82. The molecule has 3 N–H and O–H groups in total. The molecule has 0 aliphatic heterocycles. The lowest BCUT2D eigenvalue weighted by Crippen LogP contribution is -2.10. The highest BCUT2D eigenvalue weighted by molar-refractivity contribution is 6.30. The summed E-state index contributed by atoms with van der Waals surface area (Å²) in [5.74, 6) is 1.44. The van der Waals surface area contributed by atoms with Crippen molar-refractivity contribution in [1.82, 2.24) is 0 Å². The van der Waals surface area contributed by atoms with Crippen molar-refractivity contribution < 1.29 is 9.52 Å². The van der Waals surface area contributed by atoms with E-state index in [-0.39, 0.29) is 12.6 Å². The number of aliphatic hydroxyl groups is 1. The van der Waals surface area contributed by atoms with Crippen LogP contribution in [-0.2, 0) is 0 Å². The Bertz CT molecular complexity index is 478. The van der Waals surface area contributed by atoms with E-state index in [2.05, 4.69) is 0 Å². The summed E-state index contributed by atoms with van der Waals surface area (Å²) in [6.45, 7) is 0.0537. The molecule has 0 aliphatic rings. The molecular weight excluding hydrogens is 238 g/mol. The summed E-state index contributed by atoms with van der Waals surface area (Å²) in [5.41, 5.74) is 6.80. The predicted octanol–water partition coefficient (Wildman–Crippen LogP) is 2.98. The maximum atomic E-state index is 8.82. The molecular formula is C13H14ClNO2. The first-order valence-electron chi connectivity index (χ1n) is 5.43. The zero-order valence-corrected chi connectivity index (χ0v) is 10.0. The zero-order chi connectivity index (χ0) is 12.3. The Morgan fingerprint density at radius 3 is 2.53 bits per heavy atom. The molecule has 0 amide bonds. The number of nitrogens with two attached hydrogens (primary N) is 1. The largest absolute Gasteiger partial charge is 0.459 e. The van der Waals surface area contributed by atoms with Crippen LogP contribution in [0.2, 0.25) is 5.02 Å². The second-order valence-electron chi connectivity index (χ2n) is 3.83. The van der Waals surface area contributed by atoms with Gasteiger partial charge in [0.05, 0.1) is 6.04 Å². The van der Waals surface area contributed by atoms with E-state index in [1.807, 2.05) is 36.4 Å². The summed E-state index contributed by atoms with van der Waals surface area (Å²) in [6.07, 6.45) is 0.494. The van der Waals surface area contributed by atoms with Gasteiger partial charge in [-0.1, -0.05) is 11.6 Å². The number of halogens is 1. The fourth-order valence-electron chi connectivity index (χ4n) is 1.60. The predicted molar refractivity (Wildman–Crippen MR) is 67.8 cm³/mol. The zero-order valence-electron chi connectivity index (χ0n) is 9.27. The van der Waals surface area contributed by atoms with Crippen LogP contribution in [0.3, 0.4) is 0 Å². The van der Waals surface area contributed by atoms with Crippen LogP contribution < -0.4 is 5.73 Å². The number of hydrogen-bond acceptors (Lipinski definition) is 3. The van der Waals surface area contributed by atoms with Crippen LogP contribution in [-0.4, -0.2) is 11.7 Å². The van der Waals surface area contributed by atoms with Gasteiger partial charge in [0.2, 0.25) is 0 Å². The number of benzene rings is 1. The van der Waals surface area contributed by atoms with Crippen molar-refractivity contribution in [2.24, 2.45) is 5.73 Å². The molecule has 90 valence electrons. The normalized spacial score (nSPS) is 12.6. The molecule has 0 aliphatic carbocycles. The van der Waals surface area contributed by atoms with E-state index < -0.39 is 0 Å². The van der Waals surface area contributed by atoms with Crippen LogP contribution in [0.1, 0.15) is 18.2 Å². The first-order chi connectivity index (χ1) is 8.20. The van der Waals surface area contributed by atoms with Gasteiger partial charge in [-0.05, 0) is 42.8 Å².